The molecular weight excluding hydrogens is 640 g/mol. The molecule has 3 rings (SSSR count). The van der Waals surface area contributed by atoms with Crippen molar-refractivity contribution in [3.05, 3.63) is 83.7 Å². The number of carbonyl (C=O) groups excluding carboxylic acids is 2. The fraction of sp³-hybridized carbons (Fsp3) is 0.487. The molecular formula is C39H48F4O6. The molecule has 0 aromatic heterocycles. The van der Waals surface area contributed by atoms with Gasteiger partial charge in [0.15, 0.2) is 6.10 Å². The molecule has 0 aliphatic rings. The summed E-state index contributed by atoms with van der Waals surface area (Å²) in [4.78, 5) is 25.2. The van der Waals surface area contributed by atoms with Crippen molar-refractivity contribution in [1.29, 1.82) is 0 Å². The van der Waals surface area contributed by atoms with Crippen LogP contribution in [0.2, 0.25) is 0 Å². The third kappa shape index (κ3) is 14.2. The Hall–Kier alpha value is -3.92. The smallest absolute Gasteiger partial charge is 0.425 e. The Balaban J connectivity index is 1.48. The quantitative estimate of drug-likeness (QED) is 0.0453. The number of alkyl halides is 3. The molecule has 0 saturated heterocycles. The van der Waals surface area contributed by atoms with Crippen LogP contribution in [0.25, 0.3) is 11.1 Å². The van der Waals surface area contributed by atoms with Crippen LogP contribution in [0.15, 0.2) is 66.7 Å². The first kappa shape index (κ1) is 39.5. The van der Waals surface area contributed by atoms with Crippen LogP contribution in [-0.2, 0) is 9.47 Å². The Labute approximate surface area is 287 Å². The second-order valence-corrected chi connectivity index (χ2v) is 12.0. The minimum absolute atomic E-state index is 0.114. The summed E-state index contributed by atoms with van der Waals surface area (Å²) >= 11 is 0. The molecule has 6 nitrogen and oxygen atoms in total. The minimum Gasteiger partial charge on any atom is -0.494 e. The molecule has 1 atom stereocenters. The molecule has 0 fully saturated rings. The SMILES string of the molecule is CCCCCCCCCOc1ccc(-c2ccc(C(=O)Oc3ccc(C(=O)OC(CCCCOCCCC)C(F)(F)F)c(F)c3)cc2)cc1. The number of halogens is 4. The number of esters is 2. The first-order valence-electron chi connectivity index (χ1n) is 17.3. The molecule has 0 aliphatic heterocycles. The molecule has 0 radical (unpaired) electrons. The lowest BCUT2D eigenvalue weighted by Crippen LogP contribution is -2.34. The summed E-state index contributed by atoms with van der Waals surface area (Å²) in [5.74, 6) is -2.83. The van der Waals surface area contributed by atoms with E-state index in [1.54, 1.807) is 24.3 Å². The number of benzene rings is 3. The van der Waals surface area contributed by atoms with Gasteiger partial charge in [-0.3, -0.25) is 0 Å². The van der Waals surface area contributed by atoms with Crippen LogP contribution >= 0.6 is 0 Å². The Morgan fingerprint density at radius 1 is 0.653 bits per heavy atom. The largest absolute Gasteiger partial charge is 0.494 e. The summed E-state index contributed by atoms with van der Waals surface area (Å²) in [6, 6.07) is 17.1. The zero-order chi connectivity index (χ0) is 35.5. The van der Waals surface area contributed by atoms with Gasteiger partial charge in [0.25, 0.3) is 0 Å². The number of ether oxygens (including phenoxy) is 4. The molecule has 1 unspecified atom stereocenters. The Morgan fingerprint density at radius 2 is 1.22 bits per heavy atom. The van der Waals surface area contributed by atoms with E-state index in [2.05, 4.69) is 11.7 Å². The fourth-order valence-electron chi connectivity index (χ4n) is 5.05. The number of unbranched alkanes of at least 4 members (excludes halogenated alkanes) is 8. The highest BCUT2D eigenvalue weighted by Gasteiger charge is 2.42. The highest BCUT2D eigenvalue weighted by atomic mass is 19.4. The van der Waals surface area contributed by atoms with Crippen molar-refractivity contribution in [3.63, 3.8) is 0 Å². The predicted molar refractivity (Wildman–Crippen MR) is 182 cm³/mol. The molecule has 268 valence electrons. The molecule has 3 aromatic carbocycles. The normalized spacial score (nSPS) is 12.0. The molecule has 0 bridgehead atoms. The van der Waals surface area contributed by atoms with Gasteiger partial charge in [0.2, 0.25) is 0 Å². The third-order valence-corrected chi connectivity index (χ3v) is 7.96. The molecule has 0 N–H and O–H groups in total. The average molecular weight is 689 g/mol. The molecule has 0 spiro atoms. The monoisotopic (exact) mass is 688 g/mol. The summed E-state index contributed by atoms with van der Waals surface area (Å²) in [7, 11) is 0. The van der Waals surface area contributed by atoms with Crippen molar-refractivity contribution in [2.24, 2.45) is 0 Å². The summed E-state index contributed by atoms with van der Waals surface area (Å²) in [5.41, 5.74) is 1.29. The van der Waals surface area contributed by atoms with Gasteiger partial charge < -0.3 is 18.9 Å². The van der Waals surface area contributed by atoms with Crippen molar-refractivity contribution in [1.82, 2.24) is 0 Å². The molecule has 3 aromatic rings. The van der Waals surface area contributed by atoms with E-state index in [0.29, 0.717) is 26.2 Å². The second kappa shape index (κ2) is 21.2. The van der Waals surface area contributed by atoms with Crippen LogP contribution in [0.4, 0.5) is 17.6 Å². The molecule has 0 aliphatic carbocycles. The van der Waals surface area contributed by atoms with Crippen molar-refractivity contribution < 1.29 is 46.1 Å². The topological polar surface area (TPSA) is 71.1 Å². The van der Waals surface area contributed by atoms with E-state index >= 15 is 0 Å². The Bertz CT molecular complexity index is 1410. The van der Waals surface area contributed by atoms with Gasteiger partial charge in [0.1, 0.15) is 17.3 Å². The molecule has 49 heavy (non-hydrogen) atoms. The maximum Gasteiger partial charge on any atom is 0.425 e. The summed E-state index contributed by atoms with van der Waals surface area (Å²) < 4.78 is 76.4. The van der Waals surface area contributed by atoms with Crippen LogP contribution < -0.4 is 9.47 Å². The third-order valence-electron chi connectivity index (χ3n) is 7.96. The predicted octanol–water partition coefficient (Wildman–Crippen LogP) is 10.9. The van der Waals surface area contributed by atoms with Crippen molar-refractivity contribution >= 4 is 11.9 Å². The van der Waals surface area contributed by atoms with Gasteiger partial charge in [-0.05, 0) is 79.6 Å². The lowest BCUT2D eigenvalue weighted by Gasteiger charge is -2.21. The standard InChI is InChI=1S/C39H48F4O6/c1-3-5-7-8-9-10-12-27-47-32-21-19-30(20-22-32)29-15-17-31(18-16-29)37(44)48-33-23-24-34(35(40)28-33)38(45)49-36(39(41,42)43)14-11-13-26-46-25-6-4-2/h15-24,28,36H,3-14,25-27H2,1-2H3. The Morgan fingerprint density at radius 3 is 1.86 bits per heavy atom. The van der Waals surface area contributed by atoms with Gasteiger partial charge in [-0.2, -0.15) is 13.2 Å². The van der Waals surface area contributed by atoms with Crippen LogP contribution in [-0.4, -0.2) is 44.0 Å². The van der Waals surface area contributed by atoms with Crippen molar-refractivity contribution in [2.75, 3.05) is 19.8 Å². The number of carbonyl (C=O) groups is 2. The fourth-order valence-corrected chi connectivity index (χ4v) is 5.05. The summed E-state index contributed by atoms with van der Waals surface area (Å²) in [5, 5.41) is 0. The molecule has 0 heterocycles. The van der Waals surface area contributed by atoms with Gasteiger partial charge in [0, 0.05) is 19.3 Å². The van der Waals surface area contributed by atoms with E-state index < -0.39 is 42.0 Å². The molecule has 10 heteroatoms. The van der Waals surface area contributed by atoms with Gasteiger partial charge >= 0.3 is 18.1 Å². The van der Waals surface area contributed by atoms with Crippen LogP contribution in [0.3, 0.4) is 0 Å². The van der Waals surface area contributed by atoms with E-state index in [9.17, 15) is 27.2 Å². The van der Waals surface area contributed by atoms with E-state index in [1.807, 2.05) is 31.2 Å². The minimum atomic E-state index is -4.81. The average Bonchev–Trinajstić information content (AvgIpc) is 3.08. The van der Waals surface area contributed by atoms with Gasteiger partial charge in [0.05, 0.1) is 17.7 Å². The molecule has 0 saturated carbocycles. The lowest BCUT2D eigenvalue weighted by molar-refractivity contribution is -0.206. The number of hydrogen-bond acceptors (Lipinski definition) is 6. The van der Waals surface area contributed by atoms with Crippen LogP contribution in [0.5, 0.6) is 11.5 Å². The molecule has 0 amide bonds. The summed E-state index contributed by atoms with van der Waals surface area (Å²) in [6.45, 7) is 5.73. The summed E-state index contributed by atoms with van der Waals surface area (Å²) in [6.07, 6.45) is 3.15. The number of rotatable bonds is 22. The van der Waals surface area contributed by atoms with E-state index in [4.69, 9.17) is 14.2 Å². The van der Waals surface area contributed by atoms with E-state index in [-0.39, 0.29) is 17.7 Å². The highest BCUT2D eigenvalue weighted by molar-refractivity contribution is 5.92. The maximum absolute atomic E-state index is 14.8. The van der Waals surface area contributed by atoms with Gasteiger partial charge in [-0.15, -0.1) is 0 Å². The van der Waals surface area contributed by atoms with Crippen LogP contribution in [0.1, 0.15) is 112 Å². The maximum atomic E-state index is 14.8. The van der Waals surface area contributed by atoms with E-state index in [1.165, 1.54) is 32.1 Å². The zero-order valence-corrected chi connectivity index (χ0v) is 28.5. The van der Waals surface area contributed by atoms with Crippen molar-refractivity contribution in [3.8, 4) is 22.6 Å². The van der Waals surface area contributed by atoms with Gasteiger partial charge in [-0.1, -0.05) is 83.1 Å². The zero-order valence-electron chi connectivity index (χ0n) is 28.5. The van der Waals surface area contributed by atoms with Crippen LogP contribution in [0, 0.1) is 5.82 Å². The highest BCUT2D eigenvalue weighted by Crippen LogP contribution is 2.29. The lowest BCUT2D eigenvalue weighted by atomic mass is 10.0. The van der Waals surface area contributed by atoms with Crippen molar-refractivity contribution in [2.45, 2.75) is 103 Å². The number of hydrogen-bond donors (Lipinski definition) is 0. The first-order valence-corrected chi connectivity index (χ1v) is 17.3. The van der Waals surface area contributed by atoms with E-state index in [0.717, 1.165) is 60.8 Å². The Kier molecular flexibility index (Phi) is 17.1. The van der Waals surface area contributed by atoms with Gasteiger partial charge in [-0.25, -0.2) is 14.0 Å². The first-order chi connectivity index (χ1) is 23.6. The second-order valence-electron chi connectivity index (χ2n) is 12.0.